The topological polar surface area (TPSA) is 35.5 Å². The minimum atomic E-state index is -0.407. The molecule has 0 radical (unpaired) electrons. The normalized spacial score (nSPS) is 10.2. The van der Waals surface area contributed by atoms with E-state index in [1.807, 2.05) is 13.0 Å². The molecular weight excluding hydrogens is 388 g/mol. The molecule has 0 bridgehead atoms. The number of hydrogen-bond acceptors (Lipinski definition) is 3. The van der Waals surface area contributed by atoms with Crippen molar-refractivity contribution >= 4 is 37.8 Å². The Morgan fingerprint density at radius 1 is 1.05 bits per heavy atom. The van der Waals surface area contributed by atoms with Gasteiger partial charge in [0, 0.05) is 4.47 Å². The van der Waals surface area contributed by atoms with E-state index in [1.54, 1.807) is 37.4 Å². The molecule has 2 rings (SSSR count). The predicted molar refractivity (Wildman–Crippen MR) is 84.5 cm³/mol. The van der Waals surface area contributed by atoms with Gasteiger partial charge in [-0.2, -0.15) is 0 Å². The van der Waals surface area contributed by atoms with Gasteiger partial charge in [-0.1, -0.05) is 15.9 Å². The van der Waals surface area contributed by atoms with Crippen LogP contribution in [0.15, 0.2) is 45.3 Å². The van der Waals surface area contributed by atoms with Crippen LogP contribution in [-0.4, -0.2) is 13.1 Å². The number of halogens is 2. The number of carbonyl (C=O) groups excluding carboxylic acids is 1. The summed E-state index contributed by atoms with van der Waals surface area (Å²) in [5, 5.41) is 0. The molecule has 20 heavy (non-hydrogen) atoms. The number of methoxy groups -OCH3 is 1. The van der Waals surface area contributed by atoms with E-state index in [4.69, 9.17) is 9.47 Å². The Balaban J connectivity index is 2.19. The second-order valence-corrected chi connectivity index (χ2v) is 5.86. The maximum atomic E-state index is 12.1. The van der Waals surface area contributed by atoms with Crippen molar-refractivity contribution < 1.29 is 14.3 Å². The number of carbonyl (C=O) groups is 1. The Kier molecular flexibility index (Phi) is 4.83. The second-order valence-electron chi connectivity index (χ2n) is 4.15. The van der Waals surface area contributed by atoms with E-state index >= 15 is 0 Å². The maximum Gasteiger partial charge on any atom is 0.343 e. The smallest absolute Gasteiger partial charge is 0.343 e. The molecular formula is C15H12Br2O3. The van der Waals surface area contributed by atoms with Crippen molar-refractivity contribution in [3.63, 3.8) is 0 Å². The van der Waals surface area contributed by atoms with E-state index in [0.29, 0.717) is 21.5 Å². The van der Waals surface area contributed by atoms with Gasteiger partial charge in [0.05, 0.1) is 17.1 Å². The second kappa shape index (κ2) is 6.41. The molecule has 0 aliphatic carbocycles. The van der Waals surface area contributed by atoms with Crippen LogP contribution >= 0.6 is 31.9 Å². The van der Waals surface area contributed by atoms with E-state index in [0.717, 1.165) is 10.0 Å². The van der Waals surface area contributed by atoms with E-state index in [2.05, 4.69) is 31.9 Å². The minimum absolute atomic E-state index is 0.407. The number of ether oxygens (including phenoxy) is 2. The largest absolute Gasteiger partial charge is 0.496 e. The van der Waals surface area contributed by atoms with Crippen LogP contribution in [0.2, 0.25) is 0 Å². The van der Waals surface area contributed by atoms with E-state index in [9.17, 15) is 4.79 Å². The first-order valence-corrected chi connectivity index (χ1v) is 7.41. The van der Waals surface area contributed by atoms with Crippen molar-refractivity contribution in [3.8, 4) is 11.5 Å². The Morgan fingerprint density at radius 2 is 1.80 bits per heavy atom. The first kappa shape index (κ1) is 15.1. The SMILES string of the molecule is COc1ccc(C(=O)Oc2ccc(Br)c(C)c2)cc1Br. The van der Waals surface area contributed by atoms with Gasteiger partial charge in [-0.05, 0) is 64.8 Å². The van der Waals surface area contributed by atoms with Gasteiger partial charge in [-0.3, -0.25) is 0 Å². The third-order valence-electron chi connectivity index (χ3n) is 2.73. The molecule has 2 aromatic carbocycles. The molecule has 104 valence electrons. The summed E-state index contributed by atoms with van der Waals surface area (Å²) in [7, 11) is 1.57. The van der Waals surface area contributed by atoms with Crippen LogP contribution in [0.25, 0.3) is 0 Å². The fraction of sp³-hybridized carbons (Fsp3) is 0.133. The lowest BCUT2D eigenvalue weighted by Gasteiger charge is -2.08. The van der Waals surface area contributed by atoms with Gasteiger partial charge in [0.15, 0.2) is 0 Å². The molecule has 0 fully saturated rings. The lowest BCUT2D eigenvalue weighted by Crippen LogP contribution is -2.08. The number of aryl methyl sites for hydroxylation is 1. The summed E-state index contributed by atoms with van der Waals surface area (Å²) in [5.74, 6) is 0.777. The highest BCUT2D eigenvalue weighted by Crippen LogP contribution is 2.27. The van der Waals surface area contributed by atoms with Crippen molar-refractivity contribution in [2.75, 3.05) is 7.11 Å². The number of benzene rings is 2. The van der Waals surface area contributed by atoms with Gasteiger partial charge in [0.2, 0.25) is 0 Å². The maximum absolute atomic E-state index is 12.1. The van der Waals surface area contributed by atoms with Crippen molar-refractivity contribution in [1.29, 1.82) is 0 Å². The third kappa shape index (κ3) is 3.41. The Labute approximate surface area is 134 Å². The Hall–Kier alpha value is -1.33. The summed E-state index contributed by atoms with van der Waals surface area (Å²) in [6.07, 6.45) is 0. The molecule has 0 saturated carbocycles. The van der Waals surface area contributed by atoms with Crippen LogP contribution in [0.1, 0.15) is 15.9 Å². The van der Waals surface area contributed by atoms with Crippen molar-refractivity contribution in [2.24, 2.45) is 0 Å². The zero-order chi connectivity index (χ0) is 14.7. The zero-order valence-corrected chi connectivity index (χ0v) is 14.1. The zero-order valence-electron chi connectivity index (χ0n) is 10.9. The van der Waals surface area contributed by atoms with E-state index in [1.165, 1.54) is 0 Å². The molecule has 2 aromatic rings. The summed E-state index contributed by atoms with van der Waals surface area (Å²) in [4.78, 5) is 12.1. The fourth-order valence-corrected chi connectivity index (χ4v) is 2.43. The molecule has 0 atom stereocenters. The first-order chi connectivity index (χ1) is 9.51. The summed E-state index contributed by atoms with van der Waals surface area (Å²) in [6, 6.07) is 10.5. The molecule has 0 spiro atoms. The van der Waals surface area contributed by atoms with Gasteiger partial charge in [-0.25, -0.2) is 4.79 Å². The molecule has 3 nitrogen and oxygen atoms in total. The summed E-state index contributed by atoms with van der Waals surface area (Å²) >= 11 is 6.75. The average Bonchev–Trinajstić information content (AvgIpc) is 2.42. The molecule has 0 saturated heterocycles. The molecule has 0 aliphatic heterocycles. The van der Waals surface area contributed by atoms with Gasteiger partial charge >= 0.3 is 5.97 Å². The van der Waals surface area contributed by atoms with Crippen molar-refractivity contribution in [2.45, 2.75) is 6.92 Å². The summed E-state index contributed by atoms with van der Waals surface area (Å²) < 4.78 is 12.2. The average molecular weight is 400 g/mol. The number of esters is 1. The highest BCUT2D eigenvalue weighted by atomic mass is 79.9. The van der Waals surface area contributed by atoms with Gasteiger partial charge in [0.1, 0.15) is 11.5 Å². The van der Waals surface area contributed by atoms with Crippen molar-refractivity contribution in [3.05, 3.63) is 56.5 Å². The Morgan fingerprint density at radius 3 is 2.40 bits per heavy atom. The molecule has 0 N–H and O–H groups in total. The number of hydrogen-bond donors (Lipinski definition) is 0. The monoisotopic (exact) mass is 398 g/mol. The molecule has 0 heterocycles. The van der Waals surface area contributed by atoms with E-state index in [-0.39, 0.29) is 0 Å². The lowest BCUT2D eigenvalue weighted by atomic mass is 10.2. The van der Waals surface area contributed by atoms with Crippen LogP contribution < -0.4 is 9.47 Å². The standard InChI is InChI=1S/C15H12Br2O3/c1-9-7-11(4-5-12(9)16)20-15(18)10-3-6-14(19-2)13(17)8-10/h3-8H,1-2H3. The predicted octanol–water partition coefficient (Wildman–Crippen LogP) is 4.75. The lowest BCUT2D eigenvalue weighted by molar-refractivity contribution is 0.0734. The quantitative estimate of drug-likeness (QED) is 0.551. The Bertz CT molecular complexity index is 654. The molecule has 0 amide bonds. The van der Waals surface area contributed by atoms with Crippen LogP contribution in [0.4, 0.5) is 0 Å². The molecule has 0 aromatic heterocycles. The van der Waals surface area contributed by atoms with Crippen molar-refractivity contribution in [1.82, 2.24) is 0 Å². The van der Waals surface area contributed by atoms with Gasteiger partial charge in [-0.15, -0.1) is 0 Å². The molecule has 0 aliphatic rings. The van der Waals surface area contributed by atoms with Gasteiger partial charge in [0.25, 0.3) is 0 Å². The molecule has 5 heteroatoms. The third-order valence-corrected chi connectivity index (χ3v) is 4.24. The highest BCUT2D eigenvalue weighted by Gasteiger charge is 2.11. The van der Waals surface area contributed by atoms with Crippen LogP contribution in [0.5, 0.6) is 11.5 Å². The fourth-order valence-electron chi connectivity index (χ4n) is 1.64. The van der Waals surface area contributed by atoms with E-state index < -0.39 is 5.97 Å². The van der Waals surface area contributed by atoms with Crippen LogP contribution in [-0.2, 0) is 0 Å². The molecule has 0 unspecified atom stereocenters. The first-order valence-electron chi connectivity index (χ1n) is 5.83. The van der Waals surface area contributed by atoms with Gasteiger partial charge < -0.3 is 9.47 Å². The summed E-state index contributed by atoms with van der Waals surface area (Å²) in [5.41, 5.74) is 1.46. The highest BCUT2D eigenvalue weighted by molar-refractivity contribution is 9.10. The number of rotatable bonds is 3. The minimum Gasteiger partial charge on any atom is -0.496 e. The summed E-state index contributed by atoms with van der Waals surface area (Å²) in [6.45, 7) is 1.94. The van der Waals surface area contributed by atoms with Crippen LogP contribution in [0.3, 0.4) is 0 Å². The van der Waals surface area contributed by atoms with Crippen LogP contribution in [0, 0.1) is 6.92 Å².